The monoisotopic (exact) mass is 298 g/mol. The van der Waals surface area contributed by atoms with Crippen molar-refractivity contribution in [3.05, 3.63) is 54.1 Å². The van der Waals surface area contributed by atoms with E-state index in [1.54, 1.807) is 11.8 Å². The molecular weight excluding hydrogens is 280 g/mol. The summed E-state index contributed by atoms with van der Waals surface area (Å²) in [6, 6.07) is 16.7. The summed E-state index contributed by atoms with van der Waals surface area (Å²) in [6.07, 6.45) is 0. The van der Waals surface area contributed by atoms with Crippen LogP contribution in [0.2, 0.25) is 0 Å². The molecule has 0 amide bonds. The lowest BCUT2D eigenvalue weighted by Gasteiger charge is -2.12. The number of hydrogen-bond donors (Lipinski definition) is 1. The van der Waals surface area contributed by atoms with Crippen LogP contribution in [0, 0.1) is 0 Å². The van der Waals surface area contributed by atoms with Crippen LogP contribution in [0.4, 0.5) is 0 Å². The number of nitrogens with zero attached hydrogens (tertiary/aromatic N) is 1. The maximum absolute atomic E-state index is 5.73. The van der Waals surface area contributed by atoms with Crippen LogP contribution in [0.1, 0.15) is 25.5 Å². The molecule has 1 heterocycles. The summed E-state index contributed by atoms with van der Waals surface area (Å²) in [5.41, 5.74) is 3.02. The van der Waals surface area contributed by atoms with Gasteiger partial charge in [0, 0.05) is 10.9 Å². The summed E-state index contributed by atoms with van der Waals surface area (Å²) in [5, 5.41) is 4.09. The van der Waals surface area contributed by atoms with Gasteiger partial charge in [0.1, 0.15) is 5.52 Å². The molecule has 0 saturated carbocycles. The average molecular weight is 298 g/mol. The van der Waals surface area contributed by atoms with Crippen molar-refractivity contribution < 1.29 is 4.42 Å². The molecule has 0 aliphatic heterocycles. The van der Waals surface area contributed by atoms with Gasteiger partial charge in [0.15, 0.2) is 5.58 Å². The first-order valence-electron chi connectivity index (χ1n) is 7.13. The van der Waals surface area contributed by atoms with Crippen molar-refractivity contribution in [2.75, 3.05) is 6.54 Å². The maximum Gasteiger partial charge on any atom is 0.261 e. The fourth-order valence-electron chi connectivity index (χ4n) is 2.24. The molecule has 4 heteroatoms. The lowest BCUT2D eigenvalue weighted by atomic mass is 10.1. The summed E-state index contributed by atoms with van der Waals surface area (Å²) in [4.78, 5) is 5.61. The Morgan fingerprint density at radius 2 is 1.90 bits per heavy atom. The predicted octanol–water partition coefficient (Wildman–Crippen LogP) is 4.65. The summed E-state index contributed by atoms with van der Waals surface area (Å²) >= 11 is 1.55. The number of benzene rings is 2. The summed E-state index contributed by atoms with van der Waals surface area (Å²) < 4.78 is 5.73. The van der Waals surface area contributed by atoms with E-state index in [-0.39, 0.29) is 0 Å². The maximum atomic E-state index is 5.73. The lowest BCUT2D eigenvalue weighted by molar-refractivity contribution is 0.489. The third-order valence-corrected chi connectivity index (χ3v) is 4.23. The highest BCUT2D eigenvalue weighted by molar-refractivity contribution is 7.99. The van der Waals surface area contributed by atoms with Gasteiger partial charge in [-0.15, -0.1) is 0 Å². The SMILES string of the molecule is CCNC(C)c1ccc(Sc2nc3ccccc3o2)cc1. The molecule has 0 saturated heterocycles. The molecule has 0 radical (unpaired) electrons. The molecule has 3 rings (SSSR count). The van der Waals surface area contributed by atoms with E-state index in [1.165, 1.54) is 5.56 Å². The van der Waals surface area contributed by atoms with Gasteiger partial charge in [-0.2, -0.15) is 0 Å². The van der Waals surface area contributed by atoms with E-state index in [2.05, 4.69) is 48.4 Å². The molecule has 3 nitrogen and oxygen atoms in total. The van der Waals surface area contributed by atoms with Gasteiger partial charge >= 0.3 is 0 Å². The topological polar surface area (TPSA) is 38.1 Å². The molecule has 0 aliphatic rings. The zero-order valence-corrected chi connectivity index (χ0v) is 13.0. The van der Waals surface area contributed by atoms with E-state index in [0.717, 1.165) is 22.5 Å². The number of oxazole rings is 1. The van der Waals surface area contributed by atoms with E-state index >= 15 is 0 Å². The normalized spacial score (nSPS) is 12.7. The molecule has 0 spiro atoms. The highest BCUT2D eigenvalue weighted by atomic mass is 32.2. The highest BCUT2D eigenvalue weighted by Crippen LogP contribution is 2.30. The minimum absolute atomic E-state index is 0.373. The van der Waals surface area contributed by atoms with Crippen molar-refractivity contribution in [2.24, 2.45) is 0 Å². The minimum Gasteiger partial charge on any atom is -0.431 e. The second-order valence-electron chi connectivity index (χ2n) is 4.90. The van der Waals surface area contributed by atoms with Crippen LogP contribution >= 0.6 is 11.8 Å². The molecule has 1 atom stereocenters. The van der Waals surface area contributed by atoms with Crippen molar-refractivity contribution in [3.8, 4) is 0 Å². The molecule has 2 aromatic carbocycles. The van der Waals surface area contributed by atoms with Gasteiger partial charge in [-0.05, 0) is 55.1 Å². The summed E-state index contributed by atoms with van der Waals surface area (Å²) in [5.74, 6) is 0. The van der Waals surface area contributed by atoms with Gasteiger partial charge in [-0.1, -0.05) is 31.2 Å². The second-order valence-corrected chi connectivity index (χ2v) is 5.92. The number of hydrogen-bond acceptors (Lipinski definition) is 4. The van der Waals surface area contributed by atoms with Gasteiger partial charge in [0.2, 0.25) is 0 Å². The third-order valence-electron chi connectivity index (χ3n) is 3.37. The molecule has 0 fully saturated rings. The van der Waals surface area contributed by atoms with E-state index in [9.17, 15) is 0 Å². The second kappa shape index (κ2) is 6.33. The lowest BCUT2D eigenvalue weighted by Crippen LogP contribution is -2.17. The molecule has 21 heavy (non-hydrogen) atoms. The fraction of sp³-hybridized carbons (Fsp3) is 0.235. The van der Waals surface area contributed by atoms with E-state index in [1.807, 2.05) is 24.3 Å². The summed E-state index contributed by atoms with van der Waals surface area (Å²) in [7, 11) is 0. The van der Waals surface area contributed by atoms with Crippen LogP contribution in [0.25, 0.3) is 11.1 Å². The van der Waals surface area contributed by atoms with E-state index in [0.29, 0.717) is 11.3 Å². The van der Waals surface area contributed by atoms with Crippen LogP contribution in [0.3, 0.4) is 0 Å². The van der Waals surface area contributed by atoms with Crippen molar-refractivity contribution in [1.29, 1.82) is 0 Å². The van der Waals surface area contributed by atoms with Gasteiger partial charge in [-0.25, -0.2) is 4.98 Å². The predicted molar refractivity (Wildman–Crippen MR) is 86.7 cm³/mol. The van der Waals surface area contributed by atoms with Crippen molar-refractivity contribution >= 4 is 22.9 Å². The highest BCUT2D eigenvalue weighted by Gasteiger charge is 2.08. The number of fused-ring (bicyclic) bond motifs is 1. The zero-order chi connectivity index (χ0) is 14.7. The first kappa shape index (κ1) is 14.2. The molecule has 3 aromatic rings. The third kappa shape index (κ3) is 3.28. The first-order chi connectivity index (χ1) is 10.3. The number of rotatable bonds is 5. The Morgan fingerprint density at radius 1 is 1.14 bits per heavy atom. The van der Waals surface area contributed by atoms with Crippen LogP contribution in [-0.4, -0.2) is 11.5 Å². The van der Waals surface area contributed by atoms with E-state index in [4.69, 9.17) is 4.42 Å². The Balaban J connectivity index is 1.75. The Bertz CT molecular complexity index is 688. The standard InChI is InChI=1S/C17H18N2OS/c1-3-18-12(2)13-8-10-14(11-9-13)21-17-19-15-6-4-5-7-16(15)20-17/h4-12,18H,3H2,1-2H3. The number of aromatic nitrogens is 1. The minimum atomic E-state index is 0.373. The number of para-hydroxylation sites is 2. The van der Waals surface area contributed by atoms with E-state index < -0.39 is 0 Å². The van der Waals surface area contributed by atoms with Crippen LogP contribution in [0.5, 0.6) is 0 Å². The van der Waals surface area contributed by atoms with Gasteiger partial charge in [0.05, 0.1) is 0 Å². The molecule has 0 aliphatic carbocycles. The zero-order valence-electron chi connectivity index (χ0n) is 12.2. The number of nitrogens with one attached hydrogen (secondary N) is 1. The first-order valence-corrected chi connectivity index (χ1v) is 7.94. The van der Waals surface area contributed by atoms with Gasteiger partial charge in [-0.3, -0.25) is 0 Å². The largest absolute Gasteiger partial charge is 0.431 e. The molecule has 0 bridgehead atoms. The van der Waals surface area contributed by atoms with Crippen LogP contribution in [-0.2, 0) is 0 Å². The van der Waals surface area contributed by atoms with Gasteiger partial charge in [0.25, 0.3) is 5.22 Å². The van der Waals surface area contributed by atoms with Crippen LogP contribution < -0.4 is 5.32 Å². The summed E-state index contributed by atoms with van der Waals surface area (Å²) in [6.45, 7) is 5.26. The van der Waals surface area contributed by atoms with Gasteiger partial charge < -0.3 is 9.73 Å². The van der Waals surface area contributed by atoms with Crippen molar-refractivity contribution in [1.82, 2.24) is 10.3 Å². The molecule has 108 valence electrons. The fourth-order valence-corrected chi connectivity index (χ4v) is 2.99. The molecule has 1 N–H and O–H groups in total. The smallest absolute Gasteiger partial charge is 0.261 e. The Morgan fingerprint density at radius 3 is 2.62 bits per heavy atom. The quantitative estimate of drug-likeness (QED) is 0.744. The molecule has 1 aromatic heterocycles. The molecule has 1 unspecified atom stereocenters. The van der Waals surface area contributed by atoms with Crippen molar-refractivity contribution in [3.63, 3.8) is 0 Å². The Labute approximate surface area is 128 Å². The Hall–Kier alpha value is -1.78. The molecular formula is C17H18N2OS. The van der Waals surface area contributed by atoms with Crippen molar-refractivity contribution in [2.45, 2.75) is 30.0 Å². The average Bonchev–Trinajstić information content (AvgIpc) is 2.90. The van der Waals surface area contributed by atoms with Crippen LogP contribution in [0.15, 0.2) is 63.1 Å². The Kier molecular flexibility index (Phi) is 4.27.